The number of nitrogens with one attached hydrogen (secondary N) is 1. The third kappa shape index (κ3) is 3.20. The Balaban J connectivity index is 2.49. The molecule has 1 aliphatic rings. The van der Waals surface area contributed by atoms with Crippen molar-refractivity contribution in [3.05, 3.63) is 0 Å². The van der Waals surface area contributed by atoms with Gasteiger partial charge in [-0.3, -0.25) is 4.79 Å². The van der Waals surface area contributed by atoms with Gasteiger partial charge in [-0.2, -0.15) is 0 Å². The molecule has 0 aromatic rings. The second-order valence-corrected chi connectivity index (χ2v) is 4.84. The van der Waals surface area contributed by atoms with Crippen LogP contribution in [0.15, 0.2) is 0 Å². The summed E-state index contributed by atoms with van der Waals surface area (Å²) in [5, 5.41) is 2.58. The molecule has 0 aromatic carbocycles. The van der Waals surface area contributed by atoms with Crippen LogP contribution >= 0.6 is 0 Å². The van der Waals surface area contributed by atoms with Gasteiger partial charge in [0, 0.05) is 0 Å². The van der Waals surface area contributed by atoms with Gasteiger partial charge in [-0.05, 0) is 33.6 Å². The monoisotopic (exact) mass is 214 g/mol. The van der Waals surface area contributed by atoms with Crippen molar-refractivity contribution in [2.75, 3.05) is 6.54 Å². The van der Waals surface area contributed by atoms with Crippen molar-refractivity contribution >= 4 is 11.9 Å². The average Bonchev–Trinajstić information content (AvgIpc) is 2.80. The third-order valence-corrected chi connectivity index (χ3v) is 2.21. The zero-order valence-corrected chi connectivity index (χ0v) is 9.42. The van der Waals surface area contributed by atoms with Crippen LogP contribution in [0.1, 0.15) is 33.6 Å². The van der Waals surface area contributed by atoms with E-state index in [1.54, 1.807) is 20.8 Å². The Kier molecular flexibility index (Phi) is 3.04. The van der Waals surface area contributed by atoms with E-state index in [9.17, 15) is 9.59 Å². The number of hydrogen-bond acceptors (Lipinski definition) is 4. The number of rotatable bonds is 3. The van der Waals surface area contributed by atoms with Crippen molar-refractivity contribution in [2.45, 2.75) is 44.8 Å². The molecule has 1 fully saturated rings. The van der Waals surface area contributed by atoms with E-state index in [4.69, 9.17) is 10.5 Å². The fourth-order valence-corrected chi connectivity index (χ4v) is 1.29. The topological polar surface area (TPSA) is 81.4 Å². The van der Waals surface area contributed by atoms with Crippen LogP contribution in [-0.4, -0.2) is 29.6 Å². The third-order valence-electron chi connectivity index (χ3n) is 2.21. The summed E-state index contributed by atoms with van der Waals surface area (Å²) in [5.41, 5.74) is 3.97. The first-order valence-electron chi connectivity index (χ1n) is 5.04. The van der Waals surface area contributed by atoms with Crippen LogP contribution in [0.4, 0.5) is 4.79 Å². The van der Waals surface area contributed by atoms with Crippen LogP contribution < -0.4 is 11.1 Å². The maximum Gasteiger partial charge on any atom is 0.408 e. The summed E-state index contributed by atoms with van der Waals surface area (Å²) in [5.74, 6) is -0.131. The first kappa shape index (κ1) is 12.0. The molecule has 5 heteroatoms. The minimum Gasteiger partial charge on any atom is -0.444 e. The normalized spacial score (nSPS) is 18.1. The van der Waals surface area contributed by atoms with Crippen LogP contribution in [0.3, 0.4) is 0 Å². The number of alkyl carbamates (subject to hydrolysis) is 1. The first-order chi connectivity index (χ1) is 6.79. The molecule has 0 spiro atoms. The first-order valence-corrected chi connectivity index (χ1v) is 5.04. The molecule has 0 aromatic heterocycles. The van der Waals surface area contributed by atoms with E-state index in [-0.39, 0.29) is 12.3 Å². The Hall–Kier alpha value is -1.10. The maximum atomic E-state index is 11.4. The molecule has 0 heterocycles. The molecule has 0 unspecified atom stereocenters. The minimum atomic E-state index is -0.739. The second-order valence-electron chi connectivity index (χ2n) is 4.84. The lowest BCUT2D eigenvalue weighted by Crippen LogP contribution is -2.47. The largest absolute Gasteiger partial charge is 0.444 e. The molecule has 0 radical (unpaired) electrons. The maximum absolute atomic E-state index is 11.4. The molecular formula is C10H18N2O3. The van der Waals surface area contributed by atoms with Gasteiger partial charge in [-0.1, -0.05) is 0 Å². The van der Waals surface area contributed by atoms with Gasteiger partial charge in [-0.25, -0.2) is 4.79 Å². The van der Waals surface area contributed by atoms with Crippen molar-refractivity contribution in [1.82, 2.24) is 5.32 Å². The molecule has 3 N–H and O–H groups in total. The lowest BCUT2D eigenvalue weighted by Gasteiger charge is -2.22. The highest BCUT2D eigenvalue weighted by Gasteiger charge is 2.50. The number of hydrogen-bond donors (Lipinski definition) is 2. The summed E-state index contributed by atoms with van der Waals surface area (Å²) < 4.78 is 5.07. The summed E-state index contributed by atoms with van der Waals surface area (Å²) in [6, 6.07) is 0. The number of ether oxygens (including phenoxy) is 1. The fraction of sp³-hybridized carbons (Fsp3) is 0.800. The lowest BCUT2D eigenvalue weighted by molar-refractivity contribution is -0.120. The Morgan fingerprint density at radius 3 is 2.27 bits per heavy atom. The van der Waals surface area contributed by atoms with Crippen molar-refractivity contribution in [3.8, 4) is 0 Å². The van der Waals surface area contributed by atoms with Gasteiger partial charge in [0.1, 0.15) is 11.1 Å². The Morgan fingerprint density at radius 2 is 1.93 bits per heavy atom. The van der Waals surface area contributed by atoms with Gasteiger partial charge < -0.3 is 15.8 Å². The SMILES string of the molecule is CC(C)(C)OC(=O)NC1(C(=O)CN)CC1. The van der Waals surface area contributed by atoms with Crippen molar-refractivity contribution in [3.63, 3.8) is 0 Å². The predicted octanol–water partition coefficient (Wildman–Crippen LogP) is 0.571. The van der Waals surface area contributed by atoms with Crippen LogP contribution in [-0.2, 0) is 9.53 Å². The van der Waals surface area contributed by atoms with Crippen LogP contribution in [0.5, 0.6) is 0 Å². The highest BCUT2D eigenvalue weighted by Crippen LogP contribution is 2.36. The van der Waals surface area contributed by atoms with Gasteiger partial charge in [0.25, 0.3) is 0 Å². The molecule has 5 nitrogen and oxygen atoms in total. The molecule has 1 amide bonds. The van der Waals surface area contributed by atoms with Gasteiger partial charge in [0.2, 0.25) is 0 Å². The van der Waals surface area contributed by atoms with Gasteiger partial charge >= 0.3 is 6.09 Å². The zero-order chi connectivity index (χ0) is 11.7. The van der Waals surface area contributed by atoms with Gasteiger partial charge in [-0.15, -0.1) is 0 Å². The molecule has 1 aliphatic carbocycles. The number of carbonyl (C=O) groups is 2. The second kappa shape index (κ2) is 3.81. The molecule has 1 rings (SSSR count). The van der Waals surface area contributed by atoms with E-state index in [0.29, 0.717) is 12.8 Å². The highest BCUT2D eigenvalue weighted by molar-refractivity contribution is 5.95. The lowest BCUT2D eigenvalue weighted by atomic mass is 10.1. The Bertz CT molecular complexity index is 277. The fourth-order valence-electron chi connectivity index (χ4n) is 1.29. The van der Waals surface area contributed by atoms with Crippen LogP contribution in [0.2, 0.25) is 0 Å². The molecule has 0 saturated heterocycles. The molecule has 86 valence electrons. The highest BCUT2D eigenvalue weighted by atomic mass is 16.6. The molecule has 1 saturated carbocycles. The molecule has 15 heavy (non-hydrogen) atoms. The van der Waals surface area contributed by atoms with E-state index in [1.165, 1.54) is 0 Å². The summed E-state index contributed by atoms with van der Waals surface area (Å²) in [7, 11) is 0. The molecule has 0 atom stereocenters. The van der Waals surface area contributed by atoms with E-state index < -0.39 is 17.2 Å². The van der Waals surface area contributed by atoms with E-state index in [0.717, 1.165) is 0 Å². The van der Waals surface area contributed by atoms with Crippen LogP contribution in [0.25, 0.3) is 0 Å². The van der Waals surface area contributed by atoms with Gasteiger partial charge in [0.05, 0.1) is 6.54 Å². The Morgan fingerprint density at radius 1 is 1.40 bits per heavy atom. The minimum absolute atomic E-state index is 0.0458. The zero-order valence-electron chi connectivity index (χ0n) is 9.42. The molecule has 0 aliphatic heterocycles. The summed E-state index contributed by atoms with van der Waals surface area (Å²) >= 11 is 0. The molecule has 0 bridgehead atoms. The van der Waals surface area contributed by atoms with Crippen molar-refractivity contribution < 1.29 is 14.3 Å². The summed E-state index contributed by atoms with van der Waals surface area (Å²) in [6.45, 7) is 5.28. The summed E-state index contributed by atoms with van der Waals surface area (Å²) in [6.07, 6.45) is 0.756. The molecular weight excluding hydrogens is 196 g/mol. The van der Waals surface area contributed by atoms with Crippen molar-refractivity contribution in [2.24, 2.45) is 5.73 Å². The summed E-state index contributed by atoms with van der Waals surface area (Å²) in [4.78, 5) is 22.8. The quantitative estimate of drug-likeness (QED) is 0.719. The number of nitrogens with two attached hydrogens (primary N) is 1. The van der Waals surface area contributed by atoms with Crippen LogP contribution in [0, 0.1) is 0 Å². The Labute approximate surface area is 89.3 Å². The number of amides is 1. The van der Waals surface area contributed by atoms with Gasteiger partial charge in [0.15, 0.2) is 5.78 Å². The standard InChI is InChI=1S/C10H18N2O3/c1-9(2,3)15-8(14)12-10(4-5-10)7(13)6-11/h4-6,11H2,1-3H3,(H,12,14). The predicted molar refractivity (Wildman–Crippen MR) is 55.4 cm³/mol. The number of Topliss-reactive ketones (excluding diaryl/α,β-unsaturated/α-hetero) is 1. The van der Waals surface area contributed by atoms with E-state index in [2.05, 4.69) is 5.32 Å². The number of ketones is 1. The number of carbonyl (C=O) groups excluding carboxylic acids is 2. The van der Waals surface area contributed by atoms with E-state index in [1.807, 2.05) is 0 Å². The van der Waals surface area contributed by atoms with Crippen molar-refractivity contribution in [1.29, 1.82) is 0 Å². The smallest absolute Gasteiger partial charge is 0.408 e. The average molecular weight is 214 g/mol. The van der Waals surface area contributed by atoms with E-state index >= 15 is 0 Å².